The molecule has 0 bridgehead atoms. The minimum Gasteiger partial charge on any atom is -0.419 e. The summed E-state index contributed by atoms with van der Waals surface area (Å²) in [7, 11) is 0. The van der Waals surface area contributed by atoms with Crippen molar-refractivity contribution in [1.29, 1.82) is 0 Å². The van der Waals surface area contributed by atoms with E-state index in [1.165, 1.54) is 24.8 Å². The number of benzene rings is 3. The first-order valence-electron chi connectivity index (χ1n) is 12.4. The molecular weight excluding hydrogens is 411 g/mol. The number of hydrogen-bond donors (Lipinski definition) is 0. The van der Waals surface area contributed by atoms with Gasteiger partial charge in [-0.05, 0) is 54.0 Å². The minimum atomic E-state index is -0.488. The molecule has 0 saturated heterocycles. The van der Waals surface area contributed by atoms with Crippen LogP contribution in [-0.4, -0.2) is 0 Å². The molecule has 0 aliphatic rings. The Morgan fingerprint density at radius 3 is 2.12 bits per heavy atom. The molecular formula is C30H33FO2. The Labute approximate surface area is 195 Å². The van der Waals surface area contributed by atoms with Crippen LogP contribution in [0.2, 0.25) is 0 Å². The van der Waals surface area contributed by atoms with Crippen LogP contribution in [0.25, 0.3) is 32.9 Å². The van der Waals surface area contributed by atoms with Gasteiger partial charge >= 0.3 is 5.63 Å². The zero-order valence-corrected chi connectivity index (χ0v) is 19.8. The Bertz CT molecular complexity index is 1280. The van der Waals surface area contributed by atoms with E-state index in [-0.39, 0.29) is 5.58 Å². The second-order valence-electron chi connectivity index (χ2n) is 9.03. The molecule has 0 atom stereocenters. The van der Waals surface area contributed by atoms with Crippen LogP contribution in [0.15, 0.2) is 63.8 Å². The second kappa shape index (κ2) is 10.8. The van der Waals surface area contributed by atoms with Gasteiger partial charge in [0.15, 0.2) is 11.4 Å². The summed E-state index contributed by atoms with van der Waals surface area (Å²) in [6.07, 6.45) is 9.74. The third-order valence-corrected chi connectivity index (χ3v) is 6.56. The van der Waals surface area contributed by atoms with E-state index in [1.54, 1.807) is 0 Å². The molecule has 0 N–H and O–H groups in total. The maximum atomic E-state index is 15.1. The van der Waals surface area contributed by atoms with Crippen LogP contribution in [-0.2, 0) is 12.8 Å². The highest BCUT2D eigenvalue weighted by Gasteiger charge is 2.15. The lowest BCUT2D eigenvalue weighted by atomic mass is 9.97. The summed E-state index contributed by atoms with van der Waals surface area (Å²) in [5, 5.41) is 1.87. The van der Waals surface area contributed by atoms with Gasteiger partial charge in [0.2, 0.25) is 0 Å². The molecule has 0 amide bonds. The number of aryl methyl sites for hydroxylation is 2. The van der Waals surface area contributed by atoms with Crippen LogP contribution >= 0.6 is 0 Å². The number of hydrogen-bond acceptors (Lipinski definition) is 2. The first kappa shape index (κ1) is 23.2. The topological polar surface area (TPSA) is 30.2 Å². The maximum absolute atomic E-state index is 15.1. The monoisotopic (exact) mass is 444 g/mol. The zero-order valence-electron chi connectivity index (χ0n) is 19.8. The third kappa shape index (κ3) is 5.19. The molecule has 0 saturated carbocycles. The van der Waals surface area contributed by atoms with Gasteiger partial charge in [0, 0.05) is 10.8 Å². The summed E-state index contributed by atoms with van der Waals surface area (Å²) in [5.41, 5.74) is 3.56. The van der Waals surface area contributed by atoms with Crippen molar-refractivity contribution in [3.05, 3.63) is 82.0 Å². The second-order valence-corrected chi connectivity index (χ2v) is 9.03. The van der Waals surface area contributed by atoms with Gasteiger partial charge < -0.3 is 4.42 Å². The Balaban J connectivity index is 1.65. The van der Waals surface area contributed by atoms with Crippen LogP contribution in [0.4, 0.5) is 4.39 Å². The number of unbranched alkanes of at least 4 members (excludes halogenated alkanes) is 5. The Morgan fingerprint density at radius 1 is 0.697 bits per heavy atom. The van der Waals surface area contributed by atoms with Crippen LogP contribution < -0.4 is 5.63 Å². The van der Waals surface area contributed by atoms with Crippen LogP contribution in [0.3, 0.4) is 0 Å². The van der Waals surface area contributed by atoms with Crippen molar-refractivity contribution < 1.29 is 8.81 Å². The highest BCUT2D eigenvalue weighted by Crippen LogP contribution is 2.30. The smallest absolute Gasteiger partial charge is 0.344 e. The lowest BCUT2D eigenvalue weighted by molar-refractivity contribution is 0.522. The minimum absolute atomic E-state index is 0.0738. The number of fused-ring (bicyclic) bond motifs is 3. The standard InChI is InChI=1S/C30H33FO2/c1-3-5-7-9-11-23-16-19-26-25-18-17-24(20-27(25)30(32)33-29(26)28(23)31)22-14-12-21(13-15-22)10-8-6-4-2/h12-20H,3-11H2,1-2H3. The van der Waals surface area contributed by atoms with Crippen molar-refractivity contribution in [1.82, 2.24) is 0 Å². The molecule has 2 nitrogen and oxygen atoms in total. The summed E-state index contributed by atoms with van der Waals surface area (Å²) in [6.45, 7) is 4.37. The normalized spacial score (nSPS) is 11.5. The summed E-state index contributed by atoms with van der Waals surface area (Å²) in [5.74, 6) is -0.397. The van der Waals surface area contributed by atoms with Crippen molar-refractivity contribution in [2.24, 2.45) is 0 Å². The van der Waals surface area contributed by atoms with Crippen molar-refractivity contribution in [3.63, 3.8) is 0 Å². The predicted octanol–water partition coefficient (Wildman–Crippen LogP) is 8.61. The molecule has 33 heavy (non-hydrogen) atoms. The number of rotatable bonds is 10. The van der Waals surface area contributed by atoms with Gasteiger partial charge in [0.1, 0.15) is 0 Å². The molecule has 3 heteroatoms. The average Bonchev–Trinajstić information content (AvgIpc) is 2.84. The van der Waals surface area contributed by atoms with Crippen molar-refractivity contribution in [2.45, 2.75) is 71.6 Å². The van der Waals surface area contributed by atoms with Crippen molar-refractivity contribution in [2.75, 3.05) is 0 Å². The summed E-state index contributed by atoms with van der Waals surface area (Å²) < 4.78 is 20.7. The van der Waals surface area contributed by atoms with E-state index in [0.29, 0.717) is 22.8 Å². The molecule has 0 spiro atoms. The molecule has 4 rings (SSSR count). The molecule has 1 heterocycles. The van der Waals surface area contributed by atoms with Gasteiger partial charge in [-0.3, -0.25) is 0 Å². The Hall–Kier alpha value is -2.94. The predicted molar refractivity (Wildman–Crippen MR) is 136 cm³/mol. The number of halogens is 1. The lowest BCUT2D eigenvalue weighted by Gasteiger charge is -2.09. The van der Waals surface area contributed by atoms with Gasteiger partial charge in [-0.1, -0.05) is 94.5 Å². The fraction of sp³-hybridized carbons (Fsp3) is 0.367. The molecule has 0 unspecified atom stereocenters. The van der Waals surface area contributed by atoms with E-state index in [0.717, 1.165) is 48.6 Å². The Morgan fingerprint density at radius 2 is 1.36 bits per heavy atom. The van der Waals surface area contributed by atoms with E-state index in [4.69, 9.17) is 4.42 Å². The molecule has 172 valence electrons. The highest BCUT2D eigenvalue weighted by molar-refractivity contribution is 6.05. The first-order valence-corrected chi connectivity index (χ1v) is 12.4. The van der Waals surface area contributed by atoms with Gasteiger partial charge in [0.25, 0.3) is 0 Å². The summed E-state index contributed by atoms with van der Waals surface area (Å²) >= 11 is 0. The van der Waals surface area contributed by atoms with Gasteiger partial charge in [-0.2, -0.15) is 0 Å². The quantitative estimate of drug-likeness (QED) is 0.139. The maximum Gasteiger partial charge on any atom is 0.344 e. The van der Waals surface area contributed by atoms with E-state index < -0.39 is 11.4 Å². The van der Waals surface area contributed by atoms with E-state index >= 15 is 4.39 Å². The first-order chi connectivity index (χ1) is 16.1. The molecule has 1 aromatic heterocycles. The van der Waals surface area contributed by atoms with E-state index in [2.05, 4.69) is 38.1 Å². The summed E-state index contributed by atoms with van der Waals surface area (Å²) in [6, 6.07) is 18.1. The van der Waals surface area contributed by atoms with Crippen LogP contribution in [0, 0.1) is 5.82 Å². The van der Waals surface area contributed by atoms with Crippen molar-refractivity contribution >= 4 is 21.7 Å². The zero-order chi connectivity index (χ0) is 23.2. The fourth-order valence-corrected chi connectivity index (χ4v) is 4.56. The van der Waals surface area contributed by atoms with Crippen molar-refractivity contribution in [3.8, 4) is 11.1 Å². The fourth-order valence-electron chi connectivity index (χ4n) is 4.56. The molecule has 3 aromatic carbocycles. The molecule has 4 aromatic rings. The largest absolute Gasteiger partial charge is 0.419 e. The van der Waals surface area contributed by atoms with Crippen LogP contribution in [0.5, 0.6) is 0 Å². The Kier molecular flexibility index (Phi) is 7.59. The van der Waals surface area contributed by atoms with Gasteiger partial charge in [0.05, 0.1) is 5.39 Å². The molecule has 0 radical (unpaired) electrons. The van der Waals surface area contributed by atoms with Gasteiger partial charge in [-0.25, -0.2) is 9.18 Å². The lowest BCUT2D eigenvalue weighted by Crippen LogP contribution is -2.03. The molecule has 0 aliphatic carbocycles. The highest BCUT2D eigenvalue weighted by atomic mass is 19.1. The van der Waals surface area contributed by atoms with Gasteiger partial charge in [-0.15, -0.1) is 0 Å². The SMILES string of the molecule is CCCCCCc1ccc2c(oc(=O)c3cc(-c4ccc(CCCCC)cc4)ccc32)c1F. The van der Waals surface area contributed by atoms with E-state index in [1.807, 2.05) is 30.3 Å². The van der Waals surface area contributed by atoms with E-state index in [9.17, 15) is 4.79 Å². The summed E-state index contributed by atoms with van der Waals surface area (Å²) in [4.78, 5) is 12.8. The average molecular weight is 445 g/mol. The van der Waals surface area contributed by atoms with Crippen LogP contribution in [0.1, 0.15) is 69.9 Å². The third-order valence-electron chi connectivity index (χ3n) is 6.56. The molecule has 0 aliphatic heterocycles. The molecule has 0 fully saturated rings.